The highest BCUT2D eigenvalue weighted by Gasteiger charge is 2.22. The zero-order chi connectivity index (χ0) is 12.8. The number of rotatable bonds is 8. The second kappa shape index (κ2) is 6.10. The van der Waals surface area contributed by atoms with Crippen molar-refractivity contribution in [1.82, 2.24) is 15.0 Å². The predicted octanol–water partition coefficient (Wildman–Crippen LogP) is 0.0725. The first-order valence-corrected chi connectivity index (χ1v) is 5.77. The fourth-order valence-electron chi connectivity index (χ4n) is 1.31. The van der Waals surface area contributed by atoms with Gasteiger partial charge in [-0.2, -0.15) is 15.0 Å². The van der Waals surface area contributed by atoms with Gasteiger partial charge in [0.2, 0.25) is 24.3 Å². The third kappa shape index (κ3) is 3.81. The summed E-state index contributed by atoms with van der Waals surface area (Å²) in [6.45, 7) is 1.14. The predicted molar refractivity (Wildman–Crippen MR) is 66.5 cm³/mol. The molecule has 1 aliphatic carbocycles. The minimum Gasteiger partial charge on any atom is -0.383 e. The second-order valence-corrected chi connectivity index (χ2v) is 3.91. The minimum atomic E-state index is 0.225. The maximum absolute atomic E-state index is 10.4. The first-order chi connectivity index (χ1) is 8.81. The Kier molecular flexibility index (Phi) is 4.24. The fraction of sp³-hybridized carbons (Fsp3) is 0.600. The van der Waals surface area contributed by atoms with E-state index in [2.05, 4.69) is 30.9 Å². The van der Waals surface area contributed by atoms with Gasteiger partial charge in [-0.25, -0.2) is 0 Å². The Morgan fingerprint density at radius 2 is 2.00 bits per heavy atom. The van der Waals surface area contributed by atoms with E-state index in [4.69, 9.17) is 4.74 Å². The molecule has 8 heteroatoms. The van der Waals surface area contributed by atoms with Crippen LogP contribution < -0.4 is 16.0 Å². The smallest absolute Gasteiger partial charge is 0.235 e. The number of amides is 1. The number of anilines is 3. The van der Waals surface area contributed by atoms with Crippen molar-refractivity contribution >= 4 is 24.3 Å². The summed E-state index contributed by atoms with van der Waals surface area (Å²) in [4.78, 5) is 22.8. The normalized spacial score (nSPS) is 14.1. The molecule has 1 aromatic heterocycles. The van der Waals surface area contributed by atoms with E-state index in [0.29, 0.717) is 37.5 Å². The Balaban J connectivity index is 2.04. The van der Waals surface area contributed by atoms with E-state index in [1.165, 1.54) is 0 Å². The van der Waals surface area contributed by atoms with Crippen LogP contribution in [0.1, 0.15) is 12.8 Å². The molecule has 98 valence electrons. The molecular weight excluding hydrogens is 236 g/mol. The molecule has 1 aliphatic rings. The van der Waals surface area contributed by atoms with Crippen molar-refractivity contribution in [3.8, 4) is 0 Å². The van der Waals surface area contributed by atoms with Gasteiger partial charge in [0.15, 0.2) is 0 Å². The van der Waals surface area contributed by atoms with Gasteiger partial charge in [0.1, 0.15) is 0 Å². The summed E-state index contributed by atoms with van der Waals surface area (Å²) in [7, 11) is 1.62. The molecule has 1 saturated carbocycles. The number of aromatic nitrogens is 3. The van der Waals surface area contributed by atoms with E-state index in [1.54, 1.807) is 7.11 Å². The lowest BCUT2D eigenvalue weighted by Gasteiger charge is -2.08. The van der Waals surface area contributed by atoms with Crippen molar-refractivity contribution in [3.05, 3.63) is 0 Å². The summed E-state index contributed by atoms with van der Waals surface area (Å²) in [6.07, 6.45) is 2.78. The second-order valence-electron chi connectivity index (χ2n) is 3.91. The first-order valence-electron chi connectivity index (χ1n) is 5.77. The molecule has 8 nitrogen and oxygen atoms in total. The van der Waals surface area contributed by atoms with Gasteiger partial charge in [-0.1, -0.05) is 0 Å². The monoisotopic (exact) mass is 252 g/mol. The van der Waals surface area contributed by atoms with Crippen molar-refractivity contribution in [2.45, 2.75) is 18.9 Å². The maximum atomic E-state index is 10.4. The highest BCUT2D eigenvalue weighted by Crippen LogP contribution is 2.23. The Labute approximate surface area is 105 Å². The highest BCUT2D eigenvalue weighted by atomic mass is 16.5. The van der Waals surface area contributed by atoms with E-state index >= 15 is 0 Å². The summed E-state index contributed by atoms with van der Waals surface area (Å²) in [6, 6.07) is 0.434. The first kappa shape index (κ1) is 12.5. The molecule has 1 heterocycles. The quantitative estimate of drug-likeness (QED) is 0.444. The van der Waals surface area contributed by atoms with Crippen LogP contribution >= 0.6 is 0 Å². The molecule has 1 amide bonds. The minimum absolute atomic E-state index is 0.225. The summed E-state index contributed by atoms with van der Waals surface area (Å²) in [5.74, 6) is 1.11. The van der Waals surface area contributed by atoms with E-state index < -0.39 is 0 Å². The highest BCUT2D eigenvalue weighted by molar-refractivity contribution is 5.67. The van der Waals surface area contributed by atoms with Gasteiger partial charge in [-0.15, -0.1) is 0 Å². The van der Waals surface area contributed by atoms with Gasteiger partial charge < -0.3 is 15.4 Å². The van der Waals surface area contributed by atoms with Crippen LogP contribution in [0.15, 0.2) is 0 Å². The third-order valence-electron chi connectivity index (χ3n) is 2.32. The van der Waals surface area contributed by atoms with Gasteiger partial charge in [-0.05, 0) is 12.8 Å². The number of nitrogens with zero attached hydrogens (tertiary/aromatic N) is 3. The van der Waals surface area contributed by atoms with Crippen molar-refractivity contribution in [2.24, 2.45) is 0 Å². The van der Waals surface area contributed by atoms with E-state index in [1.807, 2.05) is 0 Å². The number of ether oxygens (including phenoxy) is 1. The van der Waals surface area contributed by atoms with E-state index in [9.17, 15) is 4.79 Å². The lowest BCUT2D eigenvalue weighted by molar-refractivity contribution is -0.105. The summed E-state index contributed by atoms with van der Waals surface area (Å²) in [5.41, 5.74) is 0. The molecule has 0 aromatic carbocycles. The average molecular weight is 252 g/mol. The number of carbonyl (C=O) groups excluding carboxylic acids is 1. The molecule has 0 saturated heterocycles. The Hall–Kier alpha value is -1.96. The fourth-order valence-corrected chi connectivity index (χ4v) is 1.31. The molecule has 0 radical (unpaired) electrons. The van der Waals surface area contributed by atoms with Gasteiger partial charge >= 0.3 is 0 Å². The molecule has 0 unspecified atom stereocenters. The van der Waals surface area contributed by atoms with Crippen LogP contribution in [0.3, 0.4) is 0 Å². The van der Waals surface area contributed by atoms with Crippen LogP contribution in [0, 0.1) is 0 Å². The van der Waals surface area contributed by atoms with Crippen molar-refractivity contribution < 1.29 is 9.53 Å². The average Bonchev–Trinajstić information content (AvgIpc) is 3.13. The molecule has 0 bridgehead atoms. The molecule has 0 atom stereocenters. The van der Waals surface area contributed by atoms with Crippen LogP contribution in [0.25, 0.3) is 0 Å². The standard InChI is InChI=1S/C10H16N6O2/c1-18-5-4-11-8-14-9(12-6-17)16-10(15-8)13-7-2-3-7/h6-7H,2-5H2,1H3,(H3,11,12,13,14,15,16,17). The van der Waals surface area contributed by atoms with E-state index in [0.717, 1.165) is 12.8 Å². The zero-order valence-electron chi connectivity index (χ0n) is 10.1. The van der Waals surface area contributed by atoms with Crippen LogP contribution in [0.4, 0.5) is 17.8 Å². The number of methoxy groups -OCH3 is 1. The number of hydrogen-bond donors (Lipinski definition) is 3. The Bertz CT molecular complexity index is 409. The lowest BCUT2D eigenvalue weighted by atomic mass is 10.6. The Morgan fingerprint density at radius 1 is 1.28 bits per heavy atom. The molecular formula is C10H16N6O2. The van der Waals surface area contributed by atoms with Crippen LogP contribution in [-0.2, 0) is 9.53 Å². The largest absolute Gasteiger partial charge is 0.383 e. The SMILES string of the molecule is COCCNc1nc(NC=O)nc(NC2CC2)n1. The van der Waals surface area contributed by atoms with Crippen LogP contribution in [0.5, 0.6) is 0 Å². The van der Waals surface area contributed by atoms with Crippen LogP contribution in [-0.4, -0.2) is 47.7 Å². The number of carbonyl (C=O) groups is 1. The lowest BCUT2D eigenvalue weighted by Crippen LogP contribution is -2.15. The molecule has 18 heavy (non-hydrogen) atoms. The van der Waals surface area contributed by atoms with Crippen molar-refractivity contribution in [1.29, 1.82) is 0 Å². The molecule has 0 spiro atoms. The third-order valence-corrected chi connectivity index (χ3v) is 2.32. The van der Waals surface area contributed by atoms with Gasteiger partial charge in [0.25, 0.3) is 0 Å². The van der Waals surface area contributed by atoms with Crippen LogP contribution in [0.2, 0.25) is 0 Å². The number of nitrogens with one attached hydrogen (secondary N) is 3. The molecule has 3 N–H and O–H groups in total. The Morgan fingerprint density at radius 3 is 2.67 bits per heavy atom. The molecule has 1 fully saturated rings. The van der Waals surface area contributed by atoms with Gasteiger partial charge in [0.05, 0.1) is 6.61 Å². The summed E-state index contributed by atoms with van der Waals surface area (Å²) in [5, 5.41) is 8.57. The van der Waals surface area contributed by atoms with Crippen molar-refractivity contribution in [2.75, 3.05) is 36.2 Å². The molecule has 2 rings (SSSR count). The summed E-state index contributed by atoms with van der Waals surface area (Å²) < 4.78 is 4.92. The summed E-state index contributed by atoms with van der Waals surface area (Å²) >= 11 is 0. The van der Waals surface area contributed by atoms with E-state index in [-0.39, 0.29) is 5.95 Å². The molecule has 0 aliphatic heterocycles. The topological polar surface area (TPSA) is 101 Å². The van der Waals surface area contributed by atoms with Gasteiger partial charge in [-0.3, -0.25) is 10.1 Å². The maximum Gasteiger partial charge on any atom is 0.235 e. The van der Waals surface area contributed by atoms with Crippen molar-refractivity contribution in [3.63, 3.8) is 0 Å². The number of hydrogen-bond acceptors (Lipinski definition) is 7. The zero-order valence-corrected chi connectivity index (χ0v) is 10.1. The molecule has 1 aromatic rings. The van der Waals surface area contributed by atoms with Gasteiger partial charge in [0, 0.05) is 19.7 Å².